The first kappa shape index (κ1) is 15.4. The lowest BCUT2D eigenvalue weighted by molar-refractivity contribution is -0.182. The first-order valence-electron chi connectivity index (χ1n) is 7.25. The maximum atomic E-state index is 12.6. The van der Waals surface area contributed by atoms with Gasteiger partial charge in [0.1, 0.15) is 0 Å². The molecule has 4 heteroatoms. The molecule has 2 rings (SSSR count). The molecule has 112 valence electrons. The van der Waals surface area contributed by atoms with Gasteiger partial charge in [-0.1, -0.05) is 29.8 Å². The summed E-state index contributed by atoms with van der Waals surface area (Å²) < 4.78 is 37.8. The fourth-order valence-corrected chi connectivity index (χ4v) is 2.89. The second kappa shape index (κ2) is 6.17. The SMILES string of the molecule is Cc1ccc([C@H](C)NC2CCC(C(F)(F)F)CC2)cc1. The molecule has 1 fully saturated rings. The first-order valence-corrected chi connectivity index (χ1v) is 7.25. The molecule has 1 atom stereocenters. The molecule has 1 aromatic carbocycles. The summed E-state index contributed by atoms with van der Waals surface area (Å²) in [5, 5.41) is 3.46. The van der Waals surface area contributed by atoms with Crippen molar-refractivity contribution in [1.82, 2.24) is 5.32 Å². The molecule has 1 aliphatic rings. The largest absolute Gasteiger partial charge is 0.391 e. The highest BCUT2D eigenvalue weighted by atomic mass is 19.4. The highest BCUT2D eigenvalue weighted by Crippen LogP contribution is 2.37. The fourth-order valence-electron chi connectivity index (χ4n) is 2.89. The molecule has 1 N–H and O–H groups in total. The number of alkyl halides is 3. The number of nitrogens with one attached hydrogen (secondary N) is 1. The van der Waals surface area contributed by atoms with E-state index in [4.69, 9.17) is 0 Å². The van der Waals surface area contributed by atoms with Crippen LogP contribution in [0.25, 0.3) is 0 Å². The van der Waals surface area contributed by atoms with Gasteiger partial charge in [0, 0.05) is 12.1 Å². The zero-order valence-corrected chi connectivity index (χ0v) is 12.0. The van der Waals surface area contributed by atoms with E-state index in [1.807, 2.05) is 6.92 Å². The van der Waals surface area contributed by atoms with Crippen LogP contribution in [0, 0.1) is 12.8 Å². The van der Waals surface area contributed by atoms with Gasteiger partial charge in [-0.25, -0.2) is 0 Å². The van der Waals surface area contributed by atoms with Gasteiger partial charge in [-0.05, 0) is 45.1 Å². The summed E-state index contributed by atoms with van der Waals surface area (Å²) in [6.07, 6.45) is -2.29. The highest BCUT2D eigenvalue weighted by molar-refractivity contribution is 5.23. The molecule has 1 saturated carbocycles. The Balaban J connectivity index is 1.85. The lowest BCUT2D eigenvalue weighted by atomic mass is 9.85. The Morgan fingerprint density at radius 3 is 2.10 bits per heavy atom. The quantitative estimate of drug-likeness (QED) is 0.843. The molecule has 1 nitrogen and oxygen atoms in total. The van der Waals surface area contributed by atoms with Gasteiger partial charge in [-0.15, -0.1) is 0 Å². The Labute approximate surface area is 118 Å². The average Bonchev–Trinajstić information content (AvgIpc) is 2.39. The number of hydrogen-bond donors (Lipinski definition) is 1. The molecule has 0 amide bonds. The van der Waals surface area contributed by atoms with Crippen LogP contribution in [0.5, 0.6) is 0 Å². The van der Waals surface area contributed by atoms with Crippen LogP contribution in [0.1, 0.15) is 49.8 Å². The van der Waals surface area contributed by atoms with Crippen molar-refractivity contribution >= 4 is 0 Å². The summed E-state index contributed by atoms with van der Waals surface area (Å²) >= 11 is 0. The number of hydrogen-bond acceptors (Lipinski definition) is 1. The molecule has 0 radical (unpaired) electrons. The summed E-state index contributed by atoms with van der Waals surface area (Å²) in [6.45, 7) is 4.11. The lowest BCUT2D eigenvalue weighted by Gasteiger charge is -2.32. The van der Waals surface area contributed by atoms with Crippen molar-refractivity contribution in [1.29, 1.82) is 0 Å². The topological polar surface area (TPSA) is 12.0 Å². The van der Waals surface area contributed by atoms with E-state index in [9.17, 15) is 13.2 Å². The number of rotatable bonds is 3. The molecule has 0 saturated heterocycles. The molecule has 1 aliphatic carbocycles. The predicted molar refractivity (Wildman–Crippen MR) is 74.5 cm³/mol. The Morgan fingerprint density at radius 2 is 1.60 bits per heavy atom. The van der Waals surface area contributed by atoms with E-state index in [1.54, 1.807) is 0 Å². The van der Waals surface area contributed by atoms with Crippen molar-refractivity contribution in [3.8, 4) is 0 Å². The molecular weight excluding hydrogens is 263 g/mol. The van der Waals surface area contributed by atoms with Crippen LogP contribution in [0.3, 0.4) is 0 Å². The molecule has 0 spiro atoms. The van der Waals surface area contributed by atoms with Gasteiger partial charge in [-0.3, -0.25) is 0 Å². The number of halogens is 3. The summed E-state index contributed by atoms with van der Waals surface area (Å²) in [7, 11) is 0. The third-order valence-corrected chi connectivity index (χ3v) is 4.25. The van der Waals surface area contributed by atoms with Crippen LogP contribution >= 0.6 is 0 Å². The van der Waals surface area contributed by atoms with Gasteiger partial charge >= 0.3 is 6.18 Å². The fraction of sp³-hybridized carbons (Fsp3) is 0.625. The van der Waals surface area contributed by atoms with Crippen LogP contribution in [0.15, 0.2) is 24.3 Å². The van der Waals surface area contributed by atoms with E-state index < -0.39 is 12.1 Å². The van der Waals surface area contributed by atoms with Crippen LogP contribution in [0.2, 0.25) is 0 Å². The molecule has 20 heavy (non-hydrogen) atoms. The lowest BCUT2D eigenvalue weighted by Crippen LogP contribution is -2.38. The third kappa shape index (κ3) is 3.98. The van der Waals surface area contributed by atoms with Crippen molar-refractivity contribution in [2.45, 2.75) is 57.8 Å². The van der Waals surface area contributed by atoms with Gasteiger partial charge in [0.05, 0.1) is 5.92 Å². The monoisotopic (exact) mass is 285 g/mol. The average molecular weight is 285 g/mol. The van der Waals surface area contributed by atoms with Crippen molar-refractivity contribution in [2.75, 3.05) is 0 Å². The van der Waals surface area contributed by atoms with E-state index in [0.29, 0.717) is 12.8 Å². The van der Waals surface area contributed by atoms with Crippen molar-refractivity contribution in [2.24, 2.45) is 5.92 Å². The Kier molecular flexibility index (Phi) is 4.74. The molecule has 0 heterocycles. The van der Waals surface area contributed by atoms with Crippen molar-refractivity contribution in [3.63, 3.8) is 0 Å². The Bertz CT molecular complexity index is 416. The highest BCUT2D eigenvalue weighted by Gasteiger charge is 2.41. The van der Waals surface area contributed by atoms with Gasteiger partial charge in [-0.2, -0.15) is 13.2 Å². The van der Waals surface area contributed by atoms with Crippen LogP contribution < -0.4 is 5.32 Å². The molecule has 0 unspecified atom stereocenters. The summed E-state index contributed by atoms with van der Waals surface area (Å²) in [5.74, 6) is -1.10. The second-order valence-corrected chi connectivity index (χ2v) is 5.89. The minimum Gasteiger partial charge on any atom is -0.307 e. The normalized spacial score (nSPS) is 25.4. The second-order valence-electron chi connectivity index (χ2n) is 5.89. The first-order chi connectivity index (χ1) is 9.36. The van der Waals surface area contributed by atoms with Crippen LogP contribution in [0.4, 0.5) is 13.2 Å². The van der Waals surface area contributed by atoms with Gasteiger partial charge in [0.15, 0.2) is 0 Å². The third-order valence-electron chi connectivity index (χ3n) is 4.25. The van der Waals surface area contributed by atoms with Crippen LogP contribution in [-0.4, -0.2) is 12.2 Å². The van der Waals surface area contributed by atoms with Gasteiger partial charge < -0.3 is 5.32 Å². The number of benzene rings is 1. The van der Waals surface area contributed by atoms with E-state index in [0.717, 1.165) is 0 Å². The summed E-state index contributed by atoms with van der Waals surface area (Å²) in [6, 6.07) is 8.66. The molecule has 0 aromatic heterocycles. The smallest absolute Gasteiger partial charge is 0.307 e. The van der Waals surface area contributed by atoms with Gasteiger partial charge in [0.2, 0.25) is 0 Å². The van der Waals surface area contributed by atoms with E-state index in [1.165, 1.54) is 11.1 Å². The van der Waals surface area contributed by atoms with Gasteiger partial charge in [0.25, 0.3) is 0 Å². The Hall–Kier alpha value is -1.03. The zero-order chi connectivity index (χ0) is 14.8. The number of aryl methyl sites for hydroxylation is 1. The molecule has 0 bridgehead atoms. The Morgan fingerprint density at radius 1 is 1.05 bits per heavy atom. The minimum absolute atomic E-state index is 0.183. The van der Waals surface area contributed by atoms with E-state index >= 15 is 0 Å². The maximum absolute atomic E-state index is 12.6. The van der Waals surface area contributed by atoms with Crippen molar-refractivity contribution in [3.05, 3.63) is 35.4 Å². The summed E-state index contributed by atoms with van der Waals surface area (Å²) in [4.78, 5) is 0. The molecule has 1 aromatic rings. The molecular formula is C16H22F3N. The van der Waals surface area contributed by atoms with E-state index in [2.05, 4.69) is 36.5 Å². The van der Waals surface area contributed by atoms with E-state index in [-0.39, 0.29) is 24.9 Å². The summed E-state index contributed by atoms with van der Waals surface area (Å²) in [5.41, 5.74) is 2.40. The van der Waals surface area contributed by atoms with Crippen LogP contribution in [-0.2, 0) is 0 Å². The minimum atomic E-state index is -4.02. The standard InChI is InChI=1S/C16H22F3N/c1-11-3-5-13(6-4-11)12(2)20-15-9-7-14(8-10-15)16(17,18)19/h3-6,12,14-15,20H,7-10H2,1-2H3/t12-,14?,15?/m0/s1. The zero-order valence-electron chi connectivity index (χ0n) is 12.0. The molecule has 0 aliphatic heterocycles. The van der Waals surface area contributed by atoms with Crippen molar-refractivity contribution < 1.29 is 13.2 Å². The maximum Gasteiger partial charge on any atom is 0.391 e. The predicted octanol–water partition coefficient (Wildman–Crippen LogP) is 4.77.